The lowest BCUT2D eigenvalue weighted by Crippen LogP contribution is -2.07. The fourth-order valence-electron chi connectivity index (χ4n) is 3.13. The standard InChI is InChI=1S/C20H20O3/c1-23-20-8-3-2-7-17(20)19(22)12-11-18(21)16-10-9-14-5-4-6-15(14)13-16/h2-3,7-10,13H,4-6,11-12H2,1H3. The molecule has 0 bridgehead atoms. The van der Waals surface area contributed by atoms with E-state index in [2.05, 4.69) is 6.07 Å². The van der Waals surface area contributed by atoms with E-state index in [4.69, 9.17) is 4.74 Å². The molecule has 0 aliphatic heterocycles. The molecule has 23 heavy (non-hydrogen) atoms. The van der Waals surface area contributed by atoms with E-state index < -0.39 is 0 Å². The van der Waals surface area contributed by atoms with E-state index in [1.165, 1.54) is 17.5 Å². The Kier molecular flexibility index (Phi) is 4.56. The molecule has 0 saturated carbocycles. The van der Waals surface area contributed by atoms with Crippen molar-refractivity contribution < 1.29 is 14.3 Å². The number of rotatable bonds is 6. The zero-order chi connectivity index (χ0) is 16.2. The summed E-state index contributed by atoms with van der Waals surface area (Å²) in [6.07, 6.45) is 3.76. The summed E-state index contributed by atoms with van der Waals surface area (Å²) in [4.78, 5) is 24.7. The summed E-state index contributed by atoms with van der Waals surface area (Å²) in [7, 11) is 1.54. The highest BCUT2D eigenvalue weighted by atomic mass is 16.5. The number of carbonyl (C=O) groups is 2. The van der Waals surface area contributed by atoms with Gasteiger partial charge in [-0.05, 0) is 48.6 Å². The second-order valence-electron chi connectivity index (χ2n) is 5.88. The smallest absolute Gasteiger partial charge is 0.167 e. The van der Waals surface area contributed by atoms with Crippen molar-refractivity contribution in [3.05, 3.63) is 64.7 Å². The maximum atomic E-state index is 12.4. The molecular weight excluding hydrogens is 288 g/mol. The summed E-state index contributed by atoms with van der Waals surface area (Å²) in [5, 5.41) is 0. The molecule has 3 rings (SSSR count). The van der Waals surface area contributed by atoms with Crippen LogP contribution in [0.25, 0.3) is 0 Å². The Morgan fingerprint density at radius 2 is 1.70 bits per heavy atom. The van der Waals surface area contributed by atoms with Gasteiger partial charge >= 0.3 is 0 Å². The van der Waals surface area contributed by atoms with Crippen molar-refractivity contribution in [2.75, 3.05) is 7.11 Å². The van der Waals surface area contributed by atoms with Crippen LogP contribution in [0.1, 0.15) is 51.1 Å². The van der Waals surface area contributed by atoms with Crippen molar-refractivity contribution >= 4 is 11.6 Å². The number of para-hydroxylation sites is 1. The summed E-state index contributed by atoms with van der Waals surface area (Å²) in [5.41, 5.74) is 3.90. The van der Waals surface area contributed by atoms with Crippen LogP contribution >= 0.6 is 0 Å². The summed E-state index contributed by atoms with van der Waals surface area (Å²) < 4.78 is 5.20. The summed E-state index contributed by atoms with van der Waals surface area (Å²) in [6.45, 7) is 0. The monoisotopic (exact) mass is 308 g/mol. The molecule has 0 spiro atoms. The number of hydrogen-bond donors (Lipinski definition) is 0. The fourth-order valence-corrected chi connectivity index (χ4v) is 3.13. The molecule has 0 amide bonds. The van der Waals surface area contributed by atoms with Crippen LogP contribution in [0.4, 0.5) is 0 Å². The molecule has 3 nitrogen and oxygen atoms in total. The van der Waals surface area contributed by atoms with Crippen LogP contribution in [-0.4, -0.2) is 18.7 Å². The summed E-state index contributed by atoms with van der Waals surface area (Å²) in [5.74, 6) is 0.530. The van der Waals surface area contributed by atoms with Gasteiger partial charge < -0.3 is 4.74 Å². The van der Waals surface area contributed by atoms with Crippen molar-refractivity contribution in [2.45, 2.75) is 32.1 Å². The van der Waals surface area contributed by atoms with Crippen LogP contribution in [0.3, 0.4) is 0 Å². The molecule has 2 aromatic carbocycles. The van der Waals surface area contributed by atoms with Crippen molar-refractivity contribution in [2.24, 2.45) is 0 Å². The Bertz CT molecular complexity index is 746. The minimum atomic E-state index is -0.0584. The number of fused-ring (bicyclic) bond motifs is 1. The lowest BCUT2D eigenvalue weighted by atomic mass is 9.98. The van der Waals surface area contributed by atoms with Crippen molar-refractivity contribution in [1.29, 1.82) is 0 Å². The first kappa shape index (κ1) is 15.5. The number of ketones is 2. The molecule has 0 fully saturated rings. The van der Waals surface area contributed by atoms with Crippen molar-refractivity contribution in [3.63, 3.8) is 0 Å². The Labute approximate surface area is 136 Å². The molecule has 0 unspecified atom stereocenters. The van der Waals surface area contributed by atoms with E-state index in [0.717, 1.165) is 18.4 Å². The lowest BCUT2D eigenvalue weighted by Gasteiger charge is -2.07. The van der Waals surface area contributed by atoms with E-state index in [9.17, 15) is 9.59 Å². The van der Waals surface area contributed by atoms with Crippen molar-refractivity contribution in [1.82, 2.24) is 0 Å². The normalized spacial score (nSPS) is 12.7. The van der Waals surface area contributed by atoms with Gasteiger partial charge in [0.05, 0.1) is 12.7 Å². The van der Waals surface area contributed by atoms with Gasteiger partial charge in [-0.1, -0.05) is 24.3 Å². The highest BCUT2D eigenvalue weighted by Crippen LogP contribution is 2.24. The Morgan fingerprint density at radius 1 is 0.957 bits per heavy atom. The third-order valence-corrected chi connectivity index (χ3v) is 4.41. The number of carbonyl (C=O) groups excluding carboxylic acids is 2. The molecule has 0 N–H and O–H groups in total. The molecule has 1 aliphatic rings. The number of Topliss-reactive ketones (excluding diaryl/α,β-unsaturated/α-hetero) is 2. The van der Waals surface area contributed by atoms with Crippen LogP contribution in [0.15, 0.2) is 42.5 Å². The van der Waals surface area contributed by atoms with Gasteiger partial charge in [-0.15, -0.1) is 0 Å². The average Bonchev–Trinajstić information content (AvgIpc) is 3.06. The predicted octanol–water partition coefficient (Wildman–Crippen LogP) is 4.03. The van der Waals surface area contributed by atoms with Crippen LogP contribution in [0, 0.1) is 0 Å². The molecule has 0 radical (unpaired) electrons. The largest absolute Gasteiger partial charge is 0.496 e. The minimum Gasteiger partial charge on any atom is -0.496 e. The van der Waals surface area contributed by atoms with Crippen LogP contribution in [0.2, 0.25) is 0 Å². The van der Waals surface area contributed by atoms with E-state index in [-0.39, 0.29) is 24.4 Å². The lowest BCUT2D eigenvalue weighted by molar-refractivity contribution is 0.0916. The van der Waals surface area contributed by atoms with E-state index >= 15 is 0 Å². The summed E-state index contributed by atoms with van der Waals surface area (Å²) >= 11 is 0. The molecule has 0 heterocycles. The maximum Gasteiger partial charge on any atom is 0.167 e. The van der Waals surface area contributed by atoms with Gasteiger partial charge in [0, 0.05) is 18.4 Å². The van der Waals surface area contributed by atoms with Gasteiger partial charge in [-0.25, -0.2) is 0 Å². The van der Waals surface area contributed by atoms with Gasteiger partial charge in [-0.3, -0.25) is 9.59 Å². The average molecular weight is 308 g/mol. The van der Waals surface area contributed by atoms with Gasteiger partial charge in [-0.2, -0.15) is 0 Å². The molecule has 118 valence electrons. The third kappa shape index (κ3) is 3.34. The van der Waals surface area contributed by atoms with E-state index in [1.807, 2.05) is 18.2 Å². The van der Waals surface area contributed by atoms with E-state index in [1.54, 1.807) is 25.3 Å². The van der Waals surface area contributed by atoms with Crippen LogP contribution in [-0.2, 0) is 12.8 Å². The maximum absolute atomic E-state index is 12.4. The molecule has 3 heteroatoms. The number of benzene rings is 2. The summed E-state index contributed by atoms with van der Waals surface area (Å²) in [6, 6.07) is 13.1. The molecular formula is C20H20O3. The molecule has 0 aromatic heterocycles. The number of methoxy groups -OCH3 is 1. The quantitative estimate of drug-likeness (QED) is 0.757. The molecule has 0 saturated heterocycles. The zero-order valence-electron chi connectivity index (χ0n) is 13.3. The van der Waals surface area contributed by atoms with E-state index in [0.29, 0.717) is 11.3 Å². The van der Waals surface area contributed by atoms with Gasteiger partial charge in [0.25, 0.3) is 0 Å². The number of ether oxygens (including phenoxy) is 1. The molecule has 1 aliphatic carbocycles. The van der Waals surface area contributed by atoms with Gasteiger partial charge in [0.1, 0.15) is 5.75 Å². The fraction of sp³-hybridized carbons (Fsp3) is 0.300. The minimum absolute atomic E-state index is 0.0305. The second-order valence-corrected chi connectivity index (χ2v) is 5.88. The van der Waals surface area contributed by atoms with Crippen LogP contribution in [0.5, 0.6) is 5.75 Å². The Balaban J connectivity index is 1.66. The Morgan fingerprint density at radius 3 is 2.52 bits per heavy atom. The number of aryl methyl sites for hydroxylation is 2. The topological polar surface area (TPSA) is 43.4 Å². The van der Waals surface area contributed by atoms with Gasteiger partial charge in [0.15, 0.2) is 11.6 Å². The van der Waals surface area contributed by atoms with Crippen molar-refractivity contribution in [3.8, 4) is 5.75 Å². The molecule has 2 aromatic rings. The SMILES string of the molecule is COc1ccccc1C(=O)CCC(=O)c1ccc2c(c1)CCC2. The Hall–Kier alpha value is -2.42. The number of hydrogen-bond acceptors (Lipinski definition) is 3. The first-order valence-electron chi connectivity index (χ1n) is 8.00. The predicted molar refractivity (Wildman–Crippen MR) is 89.4 cm³/mol. The van der Waals surface area contributed by atoms with Crippen LogP contribution < -0.4 is 4.74 Å². The van der Waals surface area contributed by atoms with Gasteiger partial charge in [0.2, 0.25) is 0 Å². The first-order valence-corrected chi connectivity index (χ1v) is 8.00. The second kappa shape index (κ2) is 6.78. The third-order valence-electron chi connectivity index (χ3n) is 4.41. The zero-order valence-corrected chi connectivity index (χ0v) is 13.3. The highest BCUT2D eigenvalue weighted by molar-refractivity contribution is 6.03. The highest BCUT2D eigenvalue weighted by Gasteiger charge is 2.16. The molecule has 0 atom stereocenters. The first-order chi connectivity index (χ1) is 11.2.